The van der Waals surface area contributed by atoms with Gasteiger partial charge in [0.2, 0.25) is 0 Å². The van der Waals surface area contributed by atoms with E-state index in [1.165, 1.54) is 25.7 Å². The van der Waals surface area contributed by atoms with Gasteiger partial charge in [0.05, 0.1) is 0 Å². The molecule has 2 heteroatoms. The first kappa shape index (κ1) is 6.44. The van der Waals surface area contributed by atoms with Crippen LogP contribution < -0.4 is 5.73 Å². The molecule has 2 atom stereocenters. The Hall–Kier alpha value is -0.0800. The molecule has 2 unspecified atom stereocenters. The lowest BCUT2D eigenvalue weighted by atomic mass is 9.60. The van der Waals surface area contributed by atoms with Crippen molar-refractivity contribution in [2.45, 2.75) is 56.3 Å². The smallest absolute Gasteiger partial charge is 0.0217 e. The first-order chi connectivity index (χ1) is 5.19. The van der Waals surface area contributed by atoms with E-state index in [-0.39, 0.29) is 0 Å². The van der Waals surface area contributed by atoms with E-state index in [1.54, 1.807) is 0 Å². The van der Waals surface area contributed by atoms with Crippen molar-refractivity contribution in [2.75, 3.05) is 0 Å². The summed E-state index contributed by atoms with van der Waals surface area (Å²) < 4.78 is 0. The third-order valence-electron chi connectivity index (χ3n) is 3.91. The fourth-order valence-electron chi connectivity index (χ4n) is 3.65. The number of piperidine rings is 2. The lowest BCUT2D eigenvalue weighted by molar-refractivity contribution is -0.211. The van der Waals surface area contributed by atoms with E-state index in [1.807, 2.05) is 0 Å². The van der Waals surface area contributed by atoms with Crippen molar-refractivity contribution in [1.82, 2.24) is 4.90 Å². The van der Waals surface area contributed by atoms with Gasteiger partial charge in [-0.25, -0.2) is 0 Å². The molecule has 2 nitrogen and oxygen atoms in total. The van der Waals surface area contributed by atoms with Crippen LogP contribution in [0.2, 0.25) is 0 Å². The molecule has 0 saturated carbocycles. The predicted molar refractivity (Wildman–Crippen MR) is 44.3 cm³/mol. The summed E-state index contributed by atoms with van der Waals surface area (Å²) in [6, 6.07) is 2.23. The summed E-state index contributed by atoms with van der Waals surface area (Å²) in [6.07, 6.45) is 5.34. The second-order valence-electron chi connectivity index (χ2n) is 4.85. The minimum Gasteiger partial charge on any atom is -0.328 e. The highest BCUT2D eigenvalue weighted by atomic mass is 15.4. The molecule has 0 aromatic carbocycles. The van der Waals surface area contributed by atoms with E-state index in [0.29, 0.717) is 11.6 Å². The van der Waals surface area contributed by atoms with Gasteiger partial charge in [0, 0.05) is 23.7 Å². The lowest BCUT2D eigenvalue weighted by Crippen LogP contribution is -2.80. The number of nitrogens with zero attached hydrogens (tertiary/aromatic N) is 1. The van der Waals surface area contributed by atoms with Crippen molar-refractivity contribution < 1.29 is 0 Å². The SMILES string of the molecule is CC12CC3CC(N)CC(C1)N32. The molecule has 3 fully saturated rings. The molecule has 11 heavy (non-hydrogen) atoms. The second-order valence-corrected chi connectivity index (χ2v) is 4.85. The van der Waals surface area contributed by atoms with Crippen molar-refractivity contribution in [3.63, 3.8) is 0 Å². The number of hydrogen-bond donors (Lipinski definition) is 1. The Labute approximate surface area is 67.7 Å². The summed E-state index contributed by atoms with van der Waals surface area (Å²) in [6.45, 7) is 2.40. The fraction of sp³-hybridized carbons (Fsp3) is 1.00. The van der Waals surface area contributed by atoms with Crippen LogP contribution in [-0.4, -0.2) is 28.6 Å². The minimum atomic E-state index is 0.506. The van der Waals surface area contributed by atoms with Gasteiger partial charge in [-0.2, -0.15) is 0 Å². The maximum atomic E-state index is 5.95. The van der Waals surface area contributed by atoms with Crippen molar-refractivity contribution in [1.29, 1.82) is 0 Å². The summed E-state index contributed by atoms with van der Waals surface area (Å²) in [7, 11) is 0. The van der Waals surface area contributed by atoms with Gasteiger partial charge in [-0.1, -0.05) is 0 Å². The van der Waals surface area contributed by atoms with Gasteiger partial charge in [0.25, 0.3) is 0 Å². The van der Waals surface area contributed by atoms with Gasteiger partial charge in [-0.3, -0.25) is 4.90 Å². The standard InChI is InChI=1S/C9H16N2/c1-9-4-7-2-6(10)3-8(5-9)11(7)9/h6-8H,2-5,10H2,1H3. The Morgan fingerprint density at radius 3 is 2.27 bits per heavy atom. The van der Waals surface area contributed by atoms with E-state index < -0.39 is 0 Å². The van der Waals surface area contributed by atoms with Gasteiger partial charge in [-0.05, 0) is 32.6 Å². The number of rotatable bonds is 0. The minimum absolute atomic E-state index is 0.506. The van der Waals surface area contributed by atoms with Gasteiger partial charge < -0.3 is 5.73 Å². The van der Waals surface area contributed by atoms with E-state index in [9.17, 15) is 0 Å². The van der Waals surface area contributed by atoms with Crippen LogP contribution in [0.15, 0.2) is 0 Å². The van der Waals surface area contributed by atoms with E-state index in [0.717, 1.165) is 12.1 Å². The van der Waals surface area contributed by atoms with Crippen LogP contribution >= 0.6 is 0 Å². The quantitative estimate of drug-likeness (QED) is 0.554. The molecule has 0 aliphatic carbocycles. The van der Waals surface area contributed by atoms with Crippen LogP contribution in [0.3, 0.4) is 0 Å². The van der Waals surface area contributed by atoms with Crippen LogP contribution in [0, 0.1) is 0 Å². The average molecular weight is 152 g/mol. The molecule has 62 valence electrons. The third-order valence-corrected chi connectivity index (χ3v) is 3.91. The maximum Gasteiger partial charge on any atom is 0.0217 e. The molecule has 0 bridgehead atoms. The molecule has 3 rings (SSSR count). The average Bonchev–Trinajstić information content (AvgIpc) is 1.81. The van der Waals surface area contributed by atoms with Gasteiger partial charge >= 0.3 is 0 Å². The summed E-state index contributed by atoms with van der Waals surface area (Å²) >= 11 is 0. The molecule has 2 N–H and O–H groups in total. The highest BCUT2D eigenvalue weighted by Gasteiger charge is 2.61. The Kier molecular flexibility index (Phi) is 0.961. The predicted octanol–water partition coefficient (Wildman–Crippen LogP) is 0.713. The molecule has 3 saturated heterocycles. The monoisotopic (exact) mass is 152 g/mol. The fourth-order valence-corrected chi connectivity index (χ4v) is 3.65. The zero-order chi connectivity index (χ0) is 7.64. The Morgan fingerprint density at radius 1 is 1.27 bits per heavy atom. The summed E-state index contributed by atoms with van der Waals surface area (Å²) in [5.74, 6) is 0. The molecular weight excluding hydrogens is 136 g/mol. The van der Waals surface area contributed by atoms with Crippen LogP contribution in [0.4, 0.5) is 0 Å². The van der Waals surface area contributed by atoms with Crippen LogP contribution in [0.25, 0.3) is 0 Å². The molecule has 3 aliphatic rings. The Bertz CT molecular complexity index is 182. The van der Waals surface area contributed by atoms with Crippen molar-refractivity contribution in [3.05, 3.63) is 0 Å². The topological polar surface area (TPSA) is 29.3 Å². The van der Waals surface area contributed by atoms with Gasteiger partial charge in [-0.15, -0.1) is 0 Å². The number of nitrogens with two attached hydrogens (primary N) is 1. The summed E-state index contributed by atoms with van der Waals surface area (Å²) in [5.41, 5.74) is 6.57. The highest BCUT2D eigenvalue weighted by molar-refractivity contribution is 5.18. The van der Waals surface area contributed by atoms with Crippen molar-refractivity contribution in [2.24, 2.45) is 5.73 Å². The molecule has 3 heterocycles. The Balaban J connectivity index is 1.82. The van der Waals surface area contributed by atoms with Crippen LogP contribution in [-0.2, 0) is 0 Å². The second kappa shape index (κ2) is 1.64. The first-order valence-electron chi connectivity index (χ1n) is 4.73. The largest absolute Gasteiger partial charge is 0.328 e. The van der Waals surface area contributed by atoms with Gasteiger partial charge in [0.15, 0.2) is 0 Å². The van der Waals surface area contributed by atoms with Crippen LogP contribution in [0.5, 0.6) is 0 Å². The Morgan fingerprint density at radius 2 is 1.82 bits per heavy atom. The molecule has 0 aromatic heterocycles. The zero-order valence-electron chi connectivity index (χ0n) is 7.09. The van der Waals surface area contributed by atoms with Gasteiger partial charge in [0.1, 0.15) is 0 Å². The number of hydrogen-bond acceptors (Lipinski definition) is 2. The normalized spacial score (nSPS) is 61.1. The maximum absolute atomic E-state index is 5.95. The molecule has 0 radical (unpaired) electrons. The molecule has 3 aliphatic heterocycles. The van der Waals surface area contributed by atoms with Crippen molar-refractivity contribution in [3.8, 4) is 0 Å². The zero-order valence-corrected chi connectivity index (χ0v) is 7.09. The van der Waals surface area contributed by atoms with E-state index >= 15 is 0 Å². The third kappa shape index (κ3) is 0.611. The van der Waals surface area contributed by atoms with Crippen LogP contribution in [0.1, 0.15) is 32.6 Å². The summed E-state index contributed by atoms with van der Waals surface area (Å²) in [5, 5.41) is 0. The van der Waals surface area contributed by atoms with E-state index in [2.05, 4.69) is 11.8 Å². The first-order valence-corrected chi connectivity index (χ1v) is 4.73. The lowest BCUT2D eigenvalue weighted by Gasteiger charge is -2.72. The van der Waals surface area contributed by atoms with E-state index in [4.69, 9.17) is 5.73 Å². The summed E-state index contributed by atoms with van der Waals surface area (Å²) in [4.78, 5) is 2.70. The molecule has 0 amide bonds. The van der Waals surface area contributed by atoms with Crippen molar-refractivity contribution >= 4 is 0 Å². The molecule has 0 spiro atoms. The molecular formula is C9H16N2. The molecule has 0 aromatic rings. The highest BCUT2D eigenvalue weighted by Crippen LogP contribution is 2.55.